The average Bonchev–Trinajstić information content (AvgIpc) is 2.18. The largest absolute Gasteiger partial charge is 0.495 e. The van der Waals surface area contributed by atoms with Gasteiger partial charge in [-0.3, -0.25) is 4.79 Å². The molecule has 82 valence electrons. The third-order valence-electron chi connectivity index (χ3n) is 1.77. The van der Waals surface area contributed by atoms with E-state index in [-0.39, 0.29) is 12.5 Å². The highest BCUT2D eigenvalue weighted by molar-refractivity contribution is 6.31. The van der Waals surface area contributed by atoms with Crippen molar-refractivity contribution in [2.75, 3.05) is 26.0 Å². The maximum absolute atomic E-state index is 11.3. The minimum Gasteiger partial charge on any atom is -0.495 e. The number of hydrogen-bond acceptors (Lipinski definition) is 3. The summed E-state index contributed by atoms with van der Waals surface area (Å²) in [5, 5.41) is 6.00. The molecule has 0 saturated heterocycles. The molecular formula is C10H13ClN2O2. The summed E-state index contributed by atoms with van der Waals surface area (Å²) < 4.78 is 5.09. The number of likely N-dealkylation sites (N-methyl/N-ethyl adjacent to an activating group) is 1. The SMILES string of the molecule is CNCC(=O)Nc1cc(Cl)ccc1OC. The zero-order valence-electron chi connectivity index (χ0n) is 8.63. The molecule has 15 heavy (non-hydrogen) atoms. The van der Waals surface area contributed by atoms with Gasteiger partial charge < -0.3 is 15.4 Å². The highest BCUT2D eigenvalue weighted by atomic mass is 35.5. The summed E-state index contributed by atoms with van der Waals surface area (Å²) in [5.74, 6) is 0.446. The van der Waals surface area contributed by atoms with Crippen LogP contribution in [0.15, 0.2) is 18.2 Å². The number of carbonyl (C=O) groups excluding carboxylic acids is 1. The molecule has 0 aliphatic carbocycles. The van der Waals surface area contributed by atoms with Crippen molar-refractivity contribution in [1.29, 1.82) is 0 Å². The van der Waals surface area contributed by atoms with Crippen molar-refractivity contribution in [3.8, 4) is 5.75 Å². The number of nitrogens with one attached hydrogen (secondary N) is 2. The van der Waals surface area contributed by atoms with E-state index in [1.54, 1.807) is 25.2 Å². The Morgan fingerprint density at radius 3 is 2.87 bits per heavy atom. The van der Waals surface area contributed by atoms with Gasteiger partial charge in [0.1, 0.15) is 5.75 Å². The summed E-state index contributed by atoms with van der Waals surface area (Å²) in [6.45, 7) is 0.246. The summed E-state index contributed by atoms with van der Waals surface area (Å²) >= 11 is 5.81. The van der Waals surface area contributed by atoms with Gasteiger partial charge in [0.05, 0.1) is 19.3 Å². The van der Waals surface area contributed by atoms with E-state index < -0.39 is 0 Å². The van der Waals surface area contributed by atoms with Crippen LogP contribution in [-0.2, 0) is 4.79 Å². The first-order valence-corrected chi connectivity index (χ1v) is 4.83. The molecule has 0 aliphatic heterocycles. The van der Waals surface area contributed by atoms with Crippen molar-refractivity contribution in [1.82, 2.24) is 5.32 Å². The van der Waals surface area contributed by atoms with Crippen LogP contribution in [0.2, 0.25) is 5.02 Å². The van der Waals surface area contributed by atoms with Crippen molar-refractivity contribution in [3.63, 3.8) is 0 Å². The molecule has 0 spiro atoms. The summed E-state index contributed by atoms with van der Waals surface area (Å²) in [6, 6.07) is 5.05. The van der Waals surface area contributed by atoms with Crippen molar-refractivity contribution in [3.05, 3.63) is 23.2 Å². The quantitative estimate of drug-likeness (QED) is 0.821. The maximum Gasteiger partial charge on any atom is 0.238 e. The van der Waals surface area contributed by atoms with Crippen molar-refractivity contribution in [2.24, 2.45) is 0 Å². The second kappa shape index (κ2) is 5.58. The third kappa shape index (κ3) is 3.42. The Labute approximate surface area is 93.6 Å². The van der Waals surface area contributed by atoms with E-state index >= 15 is 0 Å². The summed E-state index contributed by atoms with van der Waals surface area (Å²) in [7, 11) is 3.24. The molecule has 0 heterocycles. The molecule has 1 amide bonds. The van der Waals surface area contributed by atoms with E-state index in [9.17, 15) is 4.79 Å². The van der Waals surface area contributed by atoms with E-state index in [1.165, 1.54) is 7.11 Å². The monoisotopic (exact) mass is 228 g/mol. The predicted molar refractivity (Wildman–Crippen MR) is 60.6 cm³/mol. The van der Waals surface area contributed by atoms with Crippen LogP contribution in [0.1, 0.15) is 0 Å². The Bertz CT molecular complexity index is 355. The van der Waals surface area contributed by atoms with Crippen molar-refractivity contribution < 1.29 is 9.53 Å². The van der Waals surface area contributed by atoms with Gasteiger partial charge in [-0.25, -0.2) is 0 Å². The Kier molecular flexibility index (Phi) is 4.39. The van der Waals surface area contributed by atoms with Crippen LogP contribution in [0.3, 0.4) is 0 Å². The number of amides is 1. The van der Waals surface area contributed by atoms with Gasteiger partial charge in [-0.15, -0.1) is 0 Å². The molecule has 0 bridgehead atoms. The molecule has 0 unspecified atom stereocenters. The molecule has 0 radical (unpaired) electrons. The van der Waals surface area contributed by atoms with Gasteiger partial charge in [0.2, 0.25) is 5.91 Å². The van der Waals surface area contributed by atoms with Gasteiger partial charge in [-0.2, -0.15) is 0 Å². The summed E-state index contributed by atoms with van der Waals surface area (Å²) in [5.41, 5.74) is 0.574. The van der Waals surface area contributed by atoms with E-state index in [0.29, 0.717) is 16.5 Å². The minimum absolute atomic E-state index is 0.141. The number of halogens is 1. The second-order valence-electron chi connectivity index (χ2n) is 2.92. The number of benzene rings is 1. The fourth-order valence-corrected chi connectivity index (χ4v) is 1.30. The number of carbonyl (C=O) groups is 1. The van der Waals surface area contributed by atoms with E-state index in [4.69, 9.17) is 16.3 Å². The number of methoxy groups -OCH3 is 1. The molecule has 0 saturated carbocycles. The molecule has 1 rings (SSSR count). The van der Waals surface area contributed by atoms with Gasteiger partial charge >= 0.3 is 0 Å². The molecule has 1 aromatic carbocycles. The zero-order chi connectivity index (χ0) is 11.3. The summed E-state index contributed by atoms with van der Waals surface area (Å²) in [4.78, 5) is 11.3. The first kappa shape index (κ1) is 11.8. The van der Waals surface area contributed by atoms with Crippen LogP contribution in [0.4, 0.5) is 5.69 Å². The van der Waals surface area contributed by atoms with Gasteiger partial charge in [0.15, 0.2) is 0 Å². The van der Waals surface area contributed by atoms with Crippen LogP contribution in [-0.4, -0.2) is 26.6 Å². The molecule has 0 atom stereocenters. The lowest BCUT2D eigenvalue weighted by molar-refractivity contribution is -0.115. The van der Waals surface area contributed by atoms with Crippen molar-refractivity contribution in [2.45, 2.75) is 0 Å². The smallest absolute Gasteiger partial charge is 0.238 e. The number of hydrogen-bond donors (Lipinski definition) is 2. The lowest BCUT2D eigenvalue weighted by atomic mass is 10.3. The minimum atomic E-state index is -0.141. The topological polar surface area (TPSA) is 50.4 Å². The first-order valence-electron chi connectivity index (χ1n) is 4.45. The molecule has 2 N–H and O–H groups in total. The Balaban J connectivity index is 2.82. The van der Waals surface area contributed by atoms with E-state index in [0.717, 1.165) is 0 Å². The third-order valence-corrected chi connectivity index (χ3v) is 2.01. The van der Waals surface area contributed by atoms with E-state index in [2.05, 4.69) is 10.6 Å². The Morgan fingerprint density at radius 1 is 1.53 bits per heavy atom. The van der Waals surface area contributed by atoms with Crippen LogP contribution >= 0.6 is 11.6 Å². The van der Waals surface area contributed by atoms with Crippen molar-refractivity contribution >= 4 is 23.2 Å². The van der Waals surface area contributed by atoms with Crippen LogP contribution in [0.25, 0.3) is 0 Å². The normalized spacial score (nSPS) is 9.80. The Morgan fingerprint density at radius 2 is 2.27 bits per heavy atom. The fraction of sp³-hybridized carbons (Fsp3) is 0.300. The van der Waals surface area contributed by atoms with Gasteiger partial charge in [0.25, 0.3) is 0 Å². The zero-order valence-corrected chi connectivity index (χ0v) is 9.39. The lowest BCUT2D eigenvalue weighted by Crippen LogP contribution is -2.25. The number of rotatable bonds is 4. The standard InChI is InChI=1S/C10H13ClN2O2/c1-12-6-10(14)13-8-5-7(11)3-4-9(8)15-2/h3-5,12H,6H2,1-2H3,(H,13,14). The van der Waals surface area contributed by atoms with Crippen LogP contribution < -0.4 is 15.4 Å². The first-order chi connectivity index (χ1) is 7.17. The Hall–Kier alpha value is -1.26. The molecule has 5 heteroatoms. The average molecular weight is 229 g/mol. The highest BCUT2D eigenvalue weighted by Gasteiger charge is 2.06. The number of anilines is 1. The summed E-state index contributed by atoms with van der Waals surface area (Å²) in [6.07, 6.45) is 0. The lowest BCUT2D eigenvalue weighted by Gasteiger charge is -2.10. The predicted octanol–water partition coefficient (Wildman–Crippen LogP) is 1.51. The van der Waals surface area contributed by atoms with Gasteiger partial charge in [-0.1, -0.05) is 11.6 Å². The number of ether oxygens (including phenoxy) is 1. The molecule has 0 aliphatic rings. The molecule has 0 aromatic heterocycles. The molecule has 4 nitrogen and oxygen atoms in total. The molecule has 1 aromatic rings. The van der Waals surface area contributed by atoms with E-state index in [1.807, 2.05) is 0 Å². The molecule has 0 fully saturated rings. The fourth-order valence-electron chi connectivity index (χ4n) is 1.13. The van der Waals surface area contributed by atoms with Gasteiger partial charge in [0, 0.05) is 5.02 Å². The highest BCUT2D eigenvalue weighted by Crippen LogP contribution is 2.27. The maximum atomic E-state index is 11.3. The second-order valence-corrected chi connectivity index (χ2v) is 3.36. The van der Waals surface area contributed by atoms with Crippen LogP contribution in [0, 0.1) is 0 Å². The molecular weight excluding hydrogens is 216 g/mol. The van der Waals surface area contributed by atoms with Gasteiger partial charge in [-0.05, 0) is 25.2 Å². The van der Waals surface area contributed by atoms with Crippen LogP contribution in [0.5, 0.6) is 5.75 Å².